The number of carbonyl (C=O) groups excluding carboxylic acids is 3. The predicted octanol–water partition coefficient (Wildman–Crippen LogP) is 6.46. The van der Waals surface area contributed by atoms with Gasteiger partial charge in [0, 0.05) is 21.7 Å². The Hall–Kier alpha value is -5.33. The van der Waals surface area contributed by atoms with E-state index in [-0.39, 0.29) is 17.4 Å². The number of aromatic nitrogens is 1. The van der Waals surface area contributed by atoms with Crippen LogP contribution in [0.4, 0.5) is 10.8 Å². The van der Waals surface area contributed by atoms with Gasteiger partial charge in [-0.1, -0.05) is 35.6 Å². The minimum atomic E-state index is -0.554. The van der Waals surface area contributed by atoms with Crippen molar-refractivity contribution in [3.8, 4) is 17.2 Å². The van der Waals surface area contributed by atoms with Gasteiger partial charge in [-0.05, 0) is 72.8 Å². The topological polar surface area (TPSA) is 128 Å². The number of carbonyl (C=O) groups is 3. The Balaban J connectivity index is 1.29. The summed E-state index contributed by atoms with van der Waals surface area (Å²) in [6.45, 7) is 0. The molecule has 0 bridgehead atoms. The number of amides is 3. The number of hydrogen-bond acceptors (Lipinski definition) is 9. The van der Waals surface area contributed by atoms with Crippen molar-refractivity contribution in [2.24, 2.45) is 0 Å². The van der Waals surface area contributed by atoms with Gasteiger partial charge in [0.15, 0.2) is 5.13 Å². The van der Waals surface area contributed by atoms with E-state index < -0.39 is 11.8 Å². The van der Waals surface area contributed by atoms with Crippen LogP contribution >= 0.6 is 23.1 Å². The highest BCUT2D eigenvalue weighted by molar-refractivity contribution is 8.00. The second-order valence-corrected chi connectivity index (χ2v) is 11.7. The zero-order chi connectivity index (χ0) is 32.5. The molecule has 1 heterocycles. The van der Waals surface area contributed by atoms with E-state index in [0.29, 0.717) is 33.4 Å². The molecule has 5 rings (SSSR count). The SMILES string of the molecule is COc1ccc(OC)c(/C=C(/NC(=O)c2ccccc2)C(=O)Nc2cccc(SCC(=O)Nc3nc4ccc(OC)cc4s3)c2)c1. The number of rotatable bonds is 12. The van der Waals surface area contributed by atoms with E-state index in [1.165, 1.54) is 43.4 Å². The molecule has 0 saturated heterocycles. The van der Waals surface area contributed by atoms with Crippen LogP contribution in [0.15, 0.2) is 102 Å². The van der Waals surface area contributed by atoms with E-state index in [9.17, 15) is 14.4 Å². The lowest BCUT2D eigenvalue weighted by Crippen LogP contribution is -2.30. The Bertz CT molecular complexity index is 1910. The molecule has 5 aromatic rings. The van der Waals surface area contributed by atoms with Gasteiger partial charge in [-0.3, -0.25) is 14.4 Å². The van der Waals surface area contributed by atoms with Crippen molar-refractivity contribution in [3.05, 3.63) is 108 Å². The average Bonchev–Trinajstić information content (AvgIpc) is 3.48. The number of ether oxygens (including phenoxy) is 3. The number of nitrogens with zero attached hydrogens (tertiary/aromatic N) is 1. The zero-order valence-corrected chi connectivity index (χ0v) is 26.8. The van der Waals surface area contributed by atoms with Gasteiger partial charge in [-0.2, -0.15) is 0 Å². The first-order valence-corrected chi connectivity index (χ1v) is 15.7. The zero-order valence-electron chi connectivity index (χ0n) is 25.2. The van der Waals surface area contributed by atoms with E-state index >= 15 is 0 Å². The number of nitrogens with one attached hydrogen (secondary N) is 3. The molecule has 0 aliphatic rings. The molecule has 1 aromatic heterocycles. The van der Waals surface area contributed by atoms with Crippen LogP contribution in [0.3, 0.4) is 0 Å². The summed E-state index contributed by atoms with van der Waals surface area (Å²) < 4.78 is 17.0. The number of methoxy groups -OCH3 is 3. The summed E-state index contributed by atoms with van der Waals surface area (Å²) in [6, 6.07) is 26.4. The summed E-state index contributed by atoms with van der Waals surface area (Å²) in [7, 11) is 4.65. The molecule has 0 aliphatic carbocycles. The van der Waals surface area contributed by atoms with Gasteiger partial charge in [0.1, 0.15) is 22.9 Å². The average molecular weight is 655 g/mol. The largest absolute Gasteiger partial charge is 0.497 e. The standard InChI is InChI=1S/C34H30N4O6S2/c1-42-24-13-15-29(44-3)22(16-24)17-28(36-32(40)21-8-5-4-6-9-21)33(41)35-23-10-7-11-26(18-23)45-20-31(39)38-34-37-27-14-12-25(43-2)19-30(27)46-34/h4-19H,20H2,1-3H3,(H,35,41)(H,36,40)(H,37,38,39)/b28-17+. The van der Waals surface area contributed by atoms with Crippen molar-refractivity contribution < 1.29 is 28.6 Å². The van der Waals surface area contributed by atoms with Crippen molar-refractivity contribution in [1.29, 1.82) is 0 Å². The quantitative estimate of drug-likeness (QED) is 0.103. The highest BCUT2D eigenvalue weighted by Crippen LogP contribution is 2.30. The second-order valence-electron chi connectivity index (χ2n) is 9.66. The maximum atomic E-state index is 13.6. The molecular weight excluding hydrogens is 625 g/mol. The highest BCUT2D eigenvalue weighted by Gasteiger charge is 2.17. The Kier molecular flexibility index (Phi) is 10.5. The molecule has 0 fully saturated rings. The van der Waals surface area contributed by atoms with Gasteiger partial charge in [0.2, 0.25) is 5.91 Å². The third kappa shape index (κ3) is 8.23. The lowest BCUT2D eigenvalue weighted by atomic mass is 10.1. The van der Waals surface area contributed by atoms with Gasteiger partial charge in [0.25, 0.3) is 11.8 Å². The number of fused-ring (bicyclic) bond motifs is 1. The third-order valence-corrected chi connectivity index (χ3v) is 8.50. The molecule has 12 heteroatoms. The molecule has 0 unspecified atom stereocenters. The first-order chi connectivity index (χ1) is 22.3. The molecule has 0 atom stereocenters. The van der Waals surface area contributed by atoms with Crippen molar-refractivity contribution in [2.75, 3.05) is 37.7 Å². The smallest absolute Gasteiger partial charge is 0.272 e. The van der Waals surface area contributed by atoms with Gasteiger partial charge in [-0.15, -0.1) is 11.8 Å². The maximum Gasteiger partial charge on any atom is 0.272 e. The summed E-state index contributed by atoms with van der Waals surface area (Å²) >= 11 is 2.67. The van der Waals surface area contributed by atoms with E-state index in [0.717, 1.165) is 20.9 Å². The fourth-order valence-electron chi connectivity index (χ4n) is 4.30. The summed E-state index contributed by atoms with van der Waals surface area (Å²) in [5, 5.41) is 8.92. The number of hydrogen-bond donors (Lipinski definition) is 3. The van der Waals surface area contributed by atoms with E-state index in [1.54, 1.807) is 73.8 Å². The summed E-state index contributed by atoms with van der Waals surface area (Å²) in [4.78, 5) is 44.6. The molecule has 0 aliphatic heterocycles. The molecule has 10 nitrogen and oxygen atoms in total. The molecule has 234 valence electrons. The molecular formula is C34H30N4O6S2. The third-order valence-electron chi connectivity index (χ3n) is 6.57. The fourth-order valence-corrected chi connectivity index (χ4v) is 5.97. The summed E-state index contributed by atoms with van der Waals surface area (Å²) in [5.74, 6) is 0.669. The van der Waals surface area contributed by atoms with Crippen LogP contribution in [0.5, 0.6) is 17.2 Å². The Morgan fingerprint density at radius 3 is 2.35 bits per heavy atom. The monoisotopic (exact) mass is 654 g/mol. The number of thiazole rings is 1. The summed E-state index contributed by atoms with van der Waals surface area (Å²) in [6.07, 6.45) is 1.53. The van der Waals surface area contributed by atoms with Gasteiger partial charge in [0.05, 0.1) is 37.3 Å². The van der Waals surface area contributed by atoms with Gasteiger partial charge < -0.3 is 30.2 Å². The first-order valence-electron chi connectivity index (χ1n) is 13.9. The van der Waals surface area contributed by atoms with E-state index in [1.807, 2.05) is 24.3 Å². The van der Waals surface area contributed by atoms with Gasteiger partial charge >= 0.3 is 0 Å². The minimum Gasteiger partial charge on any atom is -0.497 e. The van der Waals surface area contributed by atoms with Gasteiger partial charge in [-0.25, -0.2) is 4.98 Å². The van der Waals surface area contributed by atoms with Crippen molar-refractivity contribution in [2.45, 2.75) is 4.90 Å². The van der Waals surface area contributed by atoms with Crippen LogP contribution in [0.2, 0.25) is 0 Å². The van der Waals surface area contributed by atoms with Crippen LogP contribution in [-0.4, -0.2) is 49.8 Å². The first kappa shape index (κ1) is 32.1. The molecule has 46 heavy (non-hydrogen) atoms. The Morgan fingerprint density at radius 2 is 1.59 bits per heavy atom. The normalized spacial score (nSPS) is 11.1. The fraction of sp³-hybridized carbons (Fsp3) is 0.118. The highest BCUT2D eigenvalue weighted by atomic mass is 32.2. The van der Waals surface area contributed by atoms with Crippen LogP contribution in [0, 0.1) is 0 Å². The van der Waals surface area contributed by atoms with Crippen molar-refractivity contribution in [3.63, 3.8) is 0 Å². The lowest BCUT2D eigenvalue weighted by Gasteiger charge is -2.13. The lowest BCUT2D eigenvalue weighted by molar-refractivity contribution is -0.114. The van der Waals surface area contributed by atoms with Crippen LogP contribution in [0.1, 0.15) is 15.9 Å². The Labute approximate surface area is 273 Å². The van der Waals surface area contributed by atoms with Crippen molar-refractivity contribution >= 4 is 67.9 Å². The predicted molar refractivity (Wildman–Crippen MR) is 182 cm³/mol. The van der Waals surface area contributed by atoms with Crippen LogP contribution in [0.25, 0.3) is 16.3 Å². The number of thioether (sulfide) groups is 1. The molecule has 0 spiro atoms. The van der Waals surface area contributed by atoms with Crippen LogP contribution < -0.4 is 30.2 Å². The molecule has 3 N–H and O–H groups in total. The second kappa shape index (κ2) is 15.1. The Morgan fingerprint density at radius 1 is 0.826 bits per heavy atom. The summed E-state index contributed by atoms with van der Waals surface area (Å²) in [5.41, 5.74) is 2.17. The van der Waals surface area contributed by atoms with E-state index in [4.69, 9.17) is 14.2 Å². The molecule has 4 aromatic carbocycles. The molecule has 0 saturated carbocycles. The van der Waals surface area contributed by atoms with E-state index in [2.05, 4.69) is 20.9 Å². The molecule has 3 amide bonds. The van der Waals surface area contributed by atoms with Crippen LogP contribution in [-0.2, 0) is 9.59 Å². The minimum absolute atomic E-state index is 0.00806. The van der Waals surface area contributed by atoms with Crippen molar-refractivity contribution in [1.82, 2.24) is 10.3 Å². The number of benzene rings is 4. The maximum absolute atomic E-state index is 13.6. The molecule has 0 radical (unpaired) electrons. The number of anilines is 2.